The summed E-state index contributed by atoms with van der Waals surface area (Å²) in [6, 6.07) is 23.2. The number of nitrogens with one attached hydrogen (secondary N) is 2. The molecule has 266 valence electrons. The fourth-order valence-corrected chi connectivity index (χ4v) is 6.35. The van der Waals surface area contributed by atoms with E-state index in [1.165, 1.54) is 24.5 Å². The molecule has 1 heterocycles. The van der Waals surface area contributed by atoms with Crippen molar-refractivity contribution in [2.75, 3.05) is 28.4 Å². The summed E-state index contributed by atoms with van der Waals surface area (Å²) in [5.41, 5.74) is 6.15. The van der Waals surface area contributed by atoms with E-state index in [-0.39, 0.29) is 6.42 Å². The zero-order valence-corrected chi connectivity index (χ0v) is 29.9. The minimum atomic E-state index is -1.15. The Balaban J connectivity index is 1.55. The van der Waals surface area contributed by atoms with Crippen molar-refractivity contribution < 1.29 is 33.4 Å². The van der Waals surface area contributed by atoms with Gasteiger partial charge in [0.2, 0.25) is 11.8 Å². The van der Waals surface area contributed by atoms with E-state index in [1.807, 2.05) is 18.2 Å². The molecule has 0 unspecified atom stereocenters. The lowest BCUT2D eigenvalue weighted by Crippen LogP contribution is -2.53. The van der Waals surface area contributed by atoms with Gasteiger partial charge in [-0.3, -0.25) is 14.4 Å². The maximum absolute atomic E-state index is 14.1. The summed E-state index contributed by atoms with van der Waals surface area (Å²) in [6.45, 7) is 3.70. The number of ether oxygens (including phenoxy) is 3. The third kappa shape index (κ3) is 8.23. The Labute approximate surface area is 299 Å². The second kappa shape index (κ2) is 16.4. The summed E-state index contributed by atoms with van der Waals surface area (Å²) in [7, 11) is 5.89. The van der Waals surface area contributed by atoms with Crippen LogP contribution in [0, 0.1) is 0 Å². The van der Waals surface area contributed by atoms with Gasteiger partial charge in [0, 0.05) is 30.2 Å². The van der Waals surface area contributed by atoms with E-state index in [0.717, 1.165) is 36.0 Å². The van der Waals surface area contributed by atoms with Gasteiger partial charge in [0.05, 0.1) is 21.3 Å². The molecule has 10 heteroatoms. The van der Waals surface area contributed by atoms with Crippen LogP contribution in [0.2, 0.25) is 0 Å². The summed E-state index contributed by atoms with van der Waals surface area (Å²) in [5.74, 6) is -1.16. The lowest BCUT2D eigenvalue weighted by Gasteiger charge is -2.30. The number of rotatable bonds is 9. The molecule has 0 fully saturated rings. The highest BCUT2D eigenvalue weighted by Gasteiger charge is 2.34. The van der Waals surface area contributed by atoms with Crippen LogP contribution < -0.4 is 20.1 Å². The van der Waals surface area contributed by atoms with Crippen molar-refractivity contribution in [3.8, 4) is 33.8 Å². The smallest absolute Gasteiger partial charge is 0.328 e. The summed E-state index contributed by atoms with van der Waals surface area (Å²) in [6.07, 6.45) is 3.45. The van der Waals surface area contributed by atoms with E-state index >= 15 is 0 Å². The van der Waals surface area contributed by atoms with Gasteiger partial charge in [0.15, 0.2) is 0 Å². The van der Waals surface area contributed by atoms with E-state index < -0.39 is 41.8 Å². The summed E-state index contributed by atoms with van der Waals surface area (Å²) in [5, 5.41) is 5.48. The zero-order valence-electron chi connectivity index (χ0n) is 29.9. The van der Waals surface area contributed by atoms with Crippen LogP contribution in [0.5, 0.6) is 11.5 Å². The number of fused-ring (bicyclic) bond motifs is 5. The molecule has 51 heavy (non-hydrogen) atoms. The van der Waals surface area contributed by atoms with Gasteiger partial charge in [0.25, 0.3) is 5.91 Å². The van der Waals surface area contributed by atoms with Crippen molar-refractivity contribution in [1.29, 1.82) is 0 Å². The topological polar surface area (TPSA) is 123 Å². The Morgan fingerprint density at radius 1 is 0.784 bits per heavy atom. The molecule has 4 bridgehead atoms. The molecule has 2 N–H and O–H groups in total. The molecular weight excluding hydrogens is 646 g/mol. The normalized spacial score (nSPS) is 17.3. The standard InChI is InChI=1S/C41H45N3O7/c1-7-8-9-26-10-13-28(14-11-26)29-15-17-30(18-16-29)40(47)44(3)37-31-19-21-36(50-5)33(24-31)32-22-27(12-20-35(32)49-4)23-34(41(48)51-6)43-38(45)25(2)42-39(37)46/h10-22,24-25,34,37H,7-9,23H2,1-6H3,(H,42,46)(H,43,45)/t25-,34-,37-/m0/s1. The van der Waals surface area contributed by atoms with Crippen molar-refractivity contribution in [3.63, 3.8) is 0 Å². The van der Waals surface area contributed by atoms with Gasteiger partial charge in [-0.05, 0) is 84.0 Å². The Bertz CT molecular complexity index is 1890. The number of amides is 3. The highest BCUT2D eigenvalue weighted by atomic mass is 16.5. The quantitative estimate of drug-likeness (QED) is 0.209. The van der Waals surface area contributed by atoms with Crippen LogP contribution in [-0.4, -0.2) is 69.1 Å². The molecule has 4 aromatic carbocycles. The average molecular weight is 692 g/mol. The maximum Gasteiger partial charge on any atom is 0.328 e. The predicted molar refractivity (Wildman–Crippen MR) is 196 cm³/mol. The summed E-state index contributed by atoms with van der Waals surface area (Å²) < 4.78 is 16.4. The minimum absolute atomic E-state index is 0.126. The molecule has 0 saturated carbocycles. The minimum Gasteiger partial charge on any atom is -0.496 e. The van der Waals surface area contributed by atoms with Gasteiger partial charge in [-0.15, -0.1) is 0 Å². The number of benzene rings is 4. The molecule has 0 aromatic heterocycles. The first kappa shape index (κ1) is 36.6. The second-order valence-electron chi connectivity index (χ2n) is 12.7. The number of carbonyl (C=O) groups excluding carboxylic acids is 4. The fourth-order valence-electron chi connectivity index (χ4n) is 6.35. The van der Waals surface area contributed by atoms with Crippen LogP contribution in [0.25, 0.3) is 22.3 Å². The van der Waals surface area contributed by atoms with Crippen molar-refractivity contribution in [3.05, 3.63) is 107 Å². The molecule has 5 rings (SSSR count). The van der Waals surface area contributed by atoms with E-state index in [9.17, 15) is 19.2 Å². The van der Waals surface area contributed by atoms with E-state index in [4.69, 9.17) is 14.2 Å². The predicted octanol–water partition coefficient (Wildman–Crippen LogP) is 5.91. The van der Waals surface area contributed by atoms with Gasteiger partial charge < -0.3 is 29.7 Å². The largest absolute Gasteiger partial charge is 0.496 e. The molecule has 1 aliphatic rings. The lowest BCUT2D eigenvalue weighted by atomic mass is 9.93. The molecule has 4 aromatic rings. The van der Waals surface area contributed by atoms with Crippen LogP contribution in [0.1, 0.15) is 59.8 Å². The molecule has 0 spiro atoms. The summed E-state index contributed by atoms with van der Waals surface area (Å²) >= 11 is 0. The van der Waals surface area contributed by atoms with Crippen LogP contribution in [-0.2, 0) is 32.0 Å². The highest BCUT2D eigenvalue weighted by Crippen LogP contribution is 2.40. The third-order valence-electron chi connectivity index (χ3n) is 9.28. The molecule has 10 nitrogen and oxygen atoms in total. The van der Waals surface area contributed by atoms with Crippen LogP contribution in [0.4, 0.5) is 0 Å². The number of aryl methyl sites for hydroxylation is 1. The van der Waals surface area contributed by atoms with E-state index in [2.05, 4.69) is 41.8 Å². The Hall–Kier alpha value is -5.64. The molecule has 0 radical (unpaired) electrons. The number of hydrogen-bond donors (Lipinski definition) is 2. The van der Waals surface area contributed by atoms with Gasteiger partial charge in [-0.2, -0.15) is 0 Å². The fraction of sp³-hybridized carbons (Fsp3) is 0.317. The Kier molecular flexibility index (Phi) is 11.8. The third-order valence-corrected chi connectivity index (χ3v) is 9.28. The van der Waals surface area contributed by atoms with E-state index in [1.54, 1.807) is 63.7 Å². The number of likely N-dealkylation sites (N-methyl/N-ethyl adjacent to an activating group) is 1. The number of methoxy groups -OCH3 is 3. The van der Waals surface area contributed by atoms with Gasteiger partial charge in [-0.25, -0.2) is 4.79 Å². The van der Waals surface area contributed by atoms with Crippen molar-refractivity contribution in [1.82, 2.24) is 15.5 Å². The van der Waals surface area contributed by atoms with Crippen molar-refractivity contribution in [2.45, 2.75) is 57.7 Å². The zero-order chi connectivity index (χ0) is 36.7. The van der Waals surface area contributed by atoms with Crippen molar-refractivity contribution >= 4 is 23.7 Å². The molecule has 0 aliphatic carbocycles. The highest BCUT2D eigenvalue weighted by molar-refractivity contribution is 5.99. The molecule has 1 aliphatic heterocycles. The molecule has 3 atom stereocenters. The van der Waals surface area contributed by atoms with Crippen LogP contribution >= 0.6 is 0 Å². The SMILES string of the molecule is CCCCc1ccc(-c2ccc(C(=O)N(C)[C@@H]3C(=O)N[C@@H](C)C(=O)N[C@H](C(=O)OC)Cc4ccc(OC)c(c4)-c4cc3ccc4OC)cc2)cc1. The number of esters is 1. The second-order valence-corrected chi connectivity index (χ2v) is 12.7. The van der Waals surface area contributed by atoms with Crippen LogP contribution in [0.15, 0.2) is 84.9 Å². The number of carbonyl (C=O) groups is 4. The molecular formula is C41H45N3O7. The first-order chi connectivity index (χ1) is 24.6. The molecule has 0 saturated heterocycles. The number of unbranched alkanes of at least 4 members (excludes halogenated alkanes) is 1. The molecule has 3 amide bonds. The van der Waals surface area contributed by atoms with Gasteiger partial charge in [-0.1, -0.05) is 61.9 Å². The maximum atomic E-state index is 14.1. The van der Waals surface area contributed by atoms with Crippen LogP contribution in [0.3, 0.4) is 0 Å². The van der Waals surface area contributed by atoms with Gasteiger partial charge >= 0.3 is 5.97 Å². The Morgan fingerprint density at radius 2 is 1.39 bits per heavy atom. The summed E-state index contributed by atoms with van der Waals surface area (Å²) in [4.78, 5) is 55.7. The average Bonchev–Trinajstić information content (AvgIpc) is 3.15. The van der Waals surface area contributed by atoms with Gasteiger partial charge in [0.1, 0.15) is 29.6 Å². The van der Waals surface area contributed by atoms with Crippen molar-refractivity contribution in [2.24, 2.45) is 0 Å². The first-order valence-corrected chi connectivity index (χ1v) is 17.1. The number of nitrogens with zero attached hydrogens (tertiary/aromatic N) is 1. The lowest BCUT2D eigenvalue weighted by molar-refractivity contribution is -0.145. The first-order valence-electron chi connectivity index (χ1n) is 17.1. The monoisotopic (exact) mass is 691 g/mol. The number of hydrogen-bond acceptors (Lipinski definition) is 7. The van der Waals surface area contributed by atoms with E-state index in [0.29, 0.717) is 33.8 Å². The Morgan fingerprint density at radius 3 is 2.00 bits per heavy atom.